The Morgan fingerprint density at radius 1 is 1.19 bits per heavy atom. The van der Waals surface area contributed by atoms with Crippen molar-refractivity contribution in [2.24, 2.45) is 5.73 Å². The van der Waals surface area contributed by atoms with E-state index in [1.165, 1.54) is 0 Å². The van der Waals surface area contributed by atoms with E-state index in [0.717, 1.165) is 29.5 Å². The van der Waals surface area contributed by atoms with Gasteiger partial charge in [-0.15, -0.1) is 0 Å². The molecule has 12 heteroatoms. The van der Waals surface area contributed by atoms with Gasteiger partial charge in [-0.25, -0.2) is 17.8 Å². The summed E-state index contributed by atoms with van der Waals surface area (Å²) in [6, 6.07) is 9.24. The smallest absolute Gasteiger partial charge is 0.265 e. The first kappa shape index (κ1) is 24.1. The normalized spacial score (nSPS) is 11.9. The van der Waals surface area contributed by atoms with E-state index in [4.69, 9.17) is 17.3 Å². The molecule has 0 saturated carbocycles. The number of thiazole rings is 1. The second-order valence-corrected chi connectivity index (χ2v) is 10.4. The maximum atomic E-state index is 14.7. The molecule has 0 radical (unpaired) electrons. The Hall–Kier alpha value is -2.60. The Bertz CT molecular complexity index is 1260. The fourth-order valence-corrected chi connectivity index (χ4v) is 5.04. The predicted molar refractivity (Wildman–Crippen MR) is 119 cm³/mol. The van der Waals surface area contributed by atoms with Gasteiger partial charge in [-0.1, -0.05) is 47.2 Å². The van der Waals surface area contributed by atoms with Crippen LogP contribution in [0.1, 0.15) is 35.3 Å². The van der Waals surface area contributed by atoms with E-state index in [-0.39, 0.29) is 11.7 Å². The van der Waals surface area contributed by atoms with Gasteiger partial charge in [0.2, 0.25) is 0 Å². The molecule has 1 aromatic heterocycles. The fourth-order valence-electron chi connectivity index (χ4n) is 2.72. The summed E-state index contributed by atoms with van der Waals surface area (Å²) >= 11 is 6.36. The van der Waals surface area contributed by atoms with Crippen molar-refractivity contribution in [3.05, 3.63) is 75.3 Å². The molecule has 32 heavy (non-hydrogen) atoms. The molecule has 0 bridgehead atoms. The largest absolute Gasteiger partial charge is 0.348 e. The van der Waals surface area contributed by atoms with Gasteiger partial charge in [-0.2, -0.15) is 4.39 Å². The number of hydrogen-bond donors (Lipinski definition) is 3. The van der Waals surface area contributed by atoms with E-state index in [0.29, 0.717) is 11.3 Å². The van der Waals surface area contributed by atoms with Gasteiger partial charge < -0.3 is 11.1 Å². The molecule has 4 N–H and O–H groups in total. The third-order valence-corrected chi connectivity index (χ3v) is 7.12. The van der Waals surface area contributed by atoms with Crippen LogP contribution in [0.5, 0.6) is 0 Å². The topological polar surface area (TPSA) is 114 Å². The summed E-state index contributed by atoms with van der Waals surface area (Å²) in [5.41, 5.74) is 6.78. The molecule has 0 unspecified atom stereocenters. The maximum Gasteiger partial charge on any atom is 0.265 e. The van der Waals surface area contributed by atoms with E-state index < -0.39 is 47.9 Å². The van der Waals surface area contributed by atoms with Gasteiger partial charge in [0.25, 0.3) is 15.9 Å². The van der Waals surface area contributed by atoms with Crippen molar-refractivity contribution in [3.63, 3.8) is 0 Å². The highest BCUT2D eigenvalue weighted by Gasteiger charge is 2.25. The van der Waals surface area contributed by atoms with Crippen molar-refractivity contribution < 1.29 is 22.0 Å². The maximum absolute atomic E-state index is 14.7. The van der Waals surface area contributed by atoms with Crippen molar-refractivity contribution in [1.29, 1.82) is 0 Å². The monoisotopic (exact) mass is 500 g/mol. The number of rotatable bonds is 7. The average Bonchev–Trinajstić information content (AvgIpc) is 3.11. The van der Waals surface area contributed by atoms with Crippen LogP contribution in [0.15, 0.2) is 47.5 Å². The summed E-state index contributed by atoms with van der Waals surface area (Å²) in [6.45, 7) is 3.84. The van der Waals surface area contributed by atoms with Gasteiger partial charge in [-0.3, -0.25) is 9.52 Å². The summed E-state index contributed by atoms with van der Waals surface area (Å²) in [4.78, 5) is 15.4. The first-order valence-corrected chi connectivity index (χ1v) is 11.8. The molecule has 0 spiro atoms. The van der Waals surface area contributed by atoms with E-state index in [1.54, 1.807) is 12.1 Å². The van der Waals surface area contributed by atoms with Crippen molar-refractivity contribution in [2.45, 2.75) is 30.8 Å². The number of amides is 1. The van der Waals surface area contributed by atoms with E-state index in [2.05, 4.69) is 10.3 Å². The minimum atomic E-state index is -4.35. The number of benzene rings is 2. The molecule has 0 aliphatic carbocycles. The van der Waals surface area contributed by atoms with Crippen LogP contribution in [-0.4, -0.2) is 19.3 Å². The van der Waals surface area contributed by atoms with Gasteiger partial charge >= 0.3 is 0 Å². The highest BCUT2D eigenvalue weighted by atomic mass is 35.5. The minimum absolute atomic E-state index is 0.110. The number of anilines is 1. The van der Waals surface area contributed by atoms with Crippen molar-refractivity contribution in [2.75, 3.05) is 4.72 Å². The Labute approximate surface area is 192 Å². The first-order chi connectivity index (χ1) is 14.9. The van der Waals surface area contributed by atoms with Crippen LogP contribution < -0.4 is 15.8 Å². The van der Waals surface area contributed by atoms with Crippen LogP contribution in [0, 0.1) is 10.9 Å². The van der Waals surface area contributed by atoms with Crippen LogP contribution in [-0.2, 0) is 22.1 Å². The van der Waals surface area contributed by atoms with Gasteiger partial charge in [0.05, 0.1) is 16.8 Å². The summed E-state index contributed by atoms with van der Waals surface area (Å²) in [6.07, 6.45) is 0.836. The molecule has 0 aliphatic rings. The zero-order valence-electron chi connectivity index (χ0n) is 16.9. The van der Waals surface area contributed by atoms with Gasteiger partial charge in [0.15, 0.2) is 16.1 Å². The summed E-state index contributed by atoms with van der Waals surface area (Å²) in [5, 5.41) is 0.845. The summed E-state index contributed by atoms with van der Waals surface area (Å²) in [7, 11) is -4.35. The minimum Gasteiger partial charge on any atom is -0.348 e. The number of carbonyl (C=O) groups excluding carboxylic acids is 1. The third kappa shape index (κ3) is 5.41. The second kappa shape index (κ2) is 9.10. The number of aromatic nitrogens is 1. The average molecular weight is 501 g/mol. The summed E-state index contributed by atoms with van der Waals surface area (Å²) in [5.74, 6) is -1.97. The van der Waals surface area contributed by atoms with Crippen LogP contribution in [0.2, 0.25) is 5.02 Å². The van der Waals surface area contributed by atoms with Gasteiger partial charge in [0.1, 0.15) is 4.90 Å². The van der Waals surface area contributed by atoms with E-state index in [9.17, 15) is 22.0 Å². The molecule has 1 heterocycles. The number of hydrogen-bond acceptors (Lipinski definition) is 6. The quantitative estimate of drug-likeness (QED) is 0.453. The third-order valence-electron chi connectivity index (χ3n) is 4.43. The number of nitrogens with zero attached hydrogens (tertiary/aromatic N) is 1. The molecule has 0 fully saturated rings. The lowest BCUT2D eigenvalue weighted by molar-refractivity contribution is 0.0946. The number of halogens is 3. The highest BCUT2D eigenvalue weighted by molar-refractivity contribution is 7.93. The number of nitrogens with one attached hydrogen (secondary N) is 2. The van der Waals surface area contributed by atoms with Crippen molar-refractivity contribution >= 4 is 44.0 Å². The van der Waals surface area contributed by atoms with Gasteiger partial charge in [0, 0.05) is 12.1 Å². The van der Waals surface area contributed by atoms with Crippen LogP contribution in [0.4, 0.5) is 13.9 Å². The van der Waals surface area contributed by atoms with E-state index >= 15 is 0 Å². The molecule has 3 rings (SSSR count). The Morgan fingerprint density at radius 2 is 1.84 bits per heavy atom. The standard InChI is InChI=1S/C20H19ClF2N4O3S2/c1-20(2,24)12-5-3-11(4-6-12)9-25-18(28)13-7-8-14(16(21)17(13)23)32(29,30)27-19-26-10-15(22)31-19/h3-8,10H,9,24H2,1-2H3,(H,25,28)(H,26,27). The molecule has 0 atom stereocenters. The lowest BCUT2D eigenvalue weighted by atomic mass is 9.95. The lowest BCUT2D eigenvalue weighted by Gasteiger charge is -2.19. The SMILES string of the molecule is CC(C)(N)c1ccc(CNC(=O)c2ccc(S(=O)(=O)Nc3ncc(F)s3)c(Cl)c2F)cc1. The Morgan fingerprint density at radius 3 is 2.41 bits per heavy atom. The molecule has 3 aromatic rings. The molecule has 1 amide bonds. The highest BCUT2D eigenvalue weighted by Crippen LogP contribution is 2.29. The number of carbonyl (C=O) groups is 1. The Kier molecular flexibility index (Phi) is 6.84. The molecular weight excluding hydrogens is 482 g/mol. The molecule has 0 aliphatic heterocycles. The van der Waals surface area contributed by atoms with Crippen molar-refractivity contribution in [3.8, 4) is 0 Å². The molecular formula is C20H19ClF2N4O3S2. The van der Waals surface area contributed by atoms with Gasteiger partial charge in [-0.05, 0) is 37.1 Å². The molecule has 2 aromatic carbocycles. The zero-order chi connectivity index (χ0) is 23.7. The van der Waals surface area contributed by atoms with Crippen LogP contribution in [0.25, 0.3) is 0 Å². The van der Waals surface area contributed by atoms with Crippen LogP contribution in [0.3, 0.4) is 0 Å². The zero-order valence-corrected chi connectivity index (χ0v) is 19.3. The lowest BCUT2D eigenvalue weighted by Crippen LogP contribution is -2.28. The molecule has 7 nitrogen and oxygen atoms in total. The fraction of sp³-hybridized carbons (Fsp3) is 0.200. The van der Waals surface area contributed by atoms with Crippen molar-refractivity contribution in [1.82, 2.24) is 10.3 Å². The molecule has 0 saturated heterocycles. The molecule has 170 valence electrons. The second-order valence-electron chi connectivity index (χ2n) is 7.42. The predicted octanol–water partition coefficient (Wildman–Crippen LogP) is 4.00. The first-order valence-electron chi connectivity index (χ1n) is 9.17. The van der Waals surface area contributed by atoms with E-state index in [1.807, 2.05) is 30.7 Å². The number of nitrogens with two attached hydrogens (primary N) is 1. The Balaban J connectivity index is 1.74. The summed E-state index contributed by atoms with van der Waals surface area (Å²) < 4.78 is 54.7. The number of sulfonamides is 1. The van der Waals surface area contributed by atoms with Crippen LogP contribution >= 0.6 is 22.9 Å².